The lowest BCUT2D eigenvalue weighted by Crippen LogP contribution is -2.30. The lowest BCUT2D eigenvalue weighted by Gasteiger charge is -2.09. The second-order valence-corrected chi connectivity index (χ2v) is 2.18. The van der Waals surface area contributed by atoms with Crippen LogP contribution in [0.5, 0.6) is 0 Å². The van der Waals surface area contributed by atoms with Crippen LogP contribution in [0.15, 0.2) is 4.99 Å². The molecule has 0 aliphatic rings. The van der Waals surface area contributed by atoms with Gasteiger partial charge in [0, 0.05) is 20.6 Å². The third-order valence-electron chi connectivity index (χ3n) is 1.02. The molecule has 0 aliphatic carbocycles. The summed E-state index contributed by atoms with van der Waals surface area (Å²) in [6.45, 7) is 0.144. The number of nitrogens with two attached hydrogens (primary N) is 1. The van der Waals surface area contributed by atoms with Gasteiger partial charge in [0.05, 0.1) is 6.67 Å². The highest BCUT2D eigenvalue weighted by molar-refractivity contribution is 14.0. The second-order valence-electron chi connectivity index (χ2n) is 2.18. The first kappa shape index (κ1) is 13.5. The highest BCUT2D eigenvalue weighted by Gasteiger charge is 1.91. The fraction of sp³-hybridized carbons (Fsp3) is 0.833. The van der Waals surface area contributed by atoms with E-state index in [0.29, 0.717) is 18.9 Å². The van der Waals surface area contributed by atoms with Gasteiger partial charge in [-0.25, -0.2) is 0 Å². The number of alkyl halides is 1. The van der Waals surface area contributed by atoms with Crippen LogP contribution in [-0.2, 0) is 0 Å². The Labute approximate surface area is 83.9 Å². The minimum absolute atomic E-state index is 0. The summed E-state index contributed by atoms with van der Waals surface area (Å²) in [5.74, 6) is 0.452. The number of guanidine groups is 1. The van der Waals surface area contributed by atoms with Gasteiger partial charge in [0.2, 0.25) is 0 Å². The van der Waals surface area contributed by atoms with Crippen molar-refractivity contribution in [2.45, 2.75) is 6.42 Å². The number of halogens is 2. The molecule has 0 amide bonds. The molecule has 0 aromatic rings. The van der Waals surface area contributed by atoms with Crippen molar-refractivity contribution >= 4 is 29.9 Å². The average Bonchev–Trinajstić information content (AvgIpc) is 1.88. The molecule has 0 rings (SSSR count). The van der Waals surface area contributed by atoms with Crippen LogP contribution in [0.2, 0.25) is 0 Å². The van der Waals surface area contributed by atoms with Gasteiger partial charge in [-0.15, -0.1) is 24.0 Å². The molecule has 0 aromatic heterocycles. The molecule has 2 N–H and O–H groups in total. The zero-order valence-electron chi connectivity index (χ0n) is 6.88. The summed E-state index contributed by atoms with van der Waals surface area (Å²) < 4.78 is 11.5. The Morgan fingerprint density at radius 3 is 2.45 bits per heavy atom. The molecule has 0 saturated carbocycles. The first-order valence-electron chi connectivity index (χ1n) is 3.21. The maximum Gasteiger partial charge on any atom is 0.190 e. The van der Waals surface area contributed by atoms with Gasteiger partial charge in [-0.3, -0.25) is 9.38 Å². The number of rotatable bonds is 3. The Balaban J connectivity index is 0. The van der Waals surface area contributed by atoms with Crippen LogP contribution in [-0.4, -0.2) is 38.2 Å². The maximum atomic E-state index is 11.5. The van der Waals surface area contributed by atoms with Gasteiger partial charge in [0.15, 0.2) is 5.96 Å². The first-order valence-corrected chi connectivity index (χ1v) is 3.21. The summed E-state index contributed by atoms with van der Waals surface area (Å²) in [4.78, 5) is 5.59. The van der Waals surface area contributed by atoms with Crippen LogP contribution in [0.1, 0.15) is 6.42 Å². The van der Waals surface area contributed by atoms with E-state index in [1.165, 1.54) is 0 Å². The van der Waals surface area contributed by atoms with Crippen molar-refractivity contribution < 1.29 is 4.39 Å². The molecule has 0 spiro atoms. The molecule has 11 heavy (non-hydrogen) atoms. The number of aliphatic imine (C=N–C) groups is 1. The molecule has 0 saturated heterocycles. The van der Waals surface area contributed by atoms with E-state index in [0.717, 1.165) is 0 Å². The first-order chi connectivity index (χ1) is 4.68. The molecule has 0 bridgehead atoms. The fourth-order valence-electron chi connectivity index (χ4n) is 0.395. The van der Waals surface area contributed by atoms with Crippen molar-refractivity contribution in [3.05, 3.63) is 0 Å². The summed E-state index contributed by atoms with van der Waals surface area (Å²) >= 11 is 0. The SMILES string of the molecule is CN(C)C(N)=NCCCF.I. The van der Waals surface area contributed by atoms with Gasteiger partial charge < -0.3 is 10.6 Å². The highest BCUT2D eigenvalue weighted by atomic mass is 127. The molecular weight excluding hydrogens is 260 g/mol. The molecular formula is C6H15FIN3. The molecule has 0 aromatic carbocycles. The van der Waals surface area contributed by atoms with Gasteiger partial charge in [-0.05, 0) is 6.42 Å². The zero-order valence-corrected chi connectivity index (χ0v) is 9.21. The quantitative estimate of drug-likeness (QED) is 0.359. The molecule has 0 heterocycles. The molecule has 0 atom stereocenters. The molecule has 68 valence electrons. The lowest BCUT2D eigenvalue weighted by atomic mass is 10.5. The highest BCUT2D eigenvalue weighted by Crippen LogP contribution is 1.83. The van der Waals surface area contributed by atoms with Crippen molar-refractivity contribution in [1.29, 1.82) is 0 Å². The predicted octanol–water partition coefficient (Wildman–Crippen LogP) is 0.840. The standard InChI is InChI=1S/C6H14FN3.HI/c1-10(2)6(8)9-5-3-4-7;/h3-5H2,1-2H3,(H2,8,9);1H. The third kappa shape index (κ3) is 7.83. The van der Waals surface area contributed by atoms with Gasteiger partial charge in [-0.1, -0.05) is 0 Å². The lowest BCUT2D eigenvalue weighted by molar-refractivity contribution is 0.476. The number of hydrogen-bond donors (Lipinski definition) is 1. The minimum Gasteiger partial charge on any atom is -0.370 e. The van der Waals surface area contributed by atoms with Crippen molar-refractivity contribution in [3.63, 3.8) is 0 Å². The smallest absolute Gasteiger partial charge is 0.190 e. The van der Waals surface area contributed by atoms with E-state index in [1.54, 1.807) is 19.0 Å². The van der Waals surface area contributed by atoms with Gasteiger partial charge in [-0.2, -0.15) is 0 Å². The van der Waals surface area contributed by atoms with Gasteiger partial charge >= 0.3 is 0 Å². The number of hydrogen-bond acceptors (Lipinski definition) is 1. The van der Waals surface area contributed by atoms with Crippen molar-refractivity contribution in [2.24, 2.45) is 10.7 Å². The molecule has 0 unspecified atom stereocenters. The van der Waals surface area contributed by atoms with Crippen LogP contribution in [0, 0.1) is 0 Å². The predicted molar refractivity (Wildman–Crippen MR) is 56.2 cm³/mol. The van der Waals surface area contributed by atoms with E-state index in [-0.39, 0.29) is 30.7 Å². The van der Waals surface area contributed by atoms with E-state index in [4.69, 9.17) is 5.73 Å². The normalized spacial score (nSPS) is 10.6. The summed E-state index contributed by atoms with van der Waals surface area (Å²) in [5, 5.41) is 0. The van der Waals surface area contributed by atoms with Crippen LogP contribution in [0.25, 0.3) is 0 Å². The van der Waals surface area contributed by atoms with E-state index in [2.05, 4.69) is 4.99 Å². The largest absolute Gasteiger partial charge is 0.370 e. The third-order valence-corrected chi connectivity index (χ3v) is 1.02. The average molecular weight is 275 g/mol. The Bertz CT molecular complexity index is 116. The maximum absolute atomic E-state index is 11.5. The Morgan fingerprint density at radius 2 is 2.09 bits per heavy atom. The Kier molecular flexibility index (Phi) is 9.87. The van der Waals surface area contributed by atoms with E-state index in [9.17, 15) is 4.39 Å². The number of nitrogens with zero attached hydrogens (tertiary/aromatic N) is 2. The van der Waals surface area contributed by atoms with Crippen molar-refractivity contribution in [3.8, 4) is 0 Å². The molecule has 0 fully saturated rings. The Hall–Kier alpha value is -0.0700. The fourth-order valence-corrected chi connectivity index (χ4v) is 0.395. The van der Waals surface area contributed by atoms with E-state index >= 15 is 0 Å². The zero-order chi connectivity index (χ0) is 7.98. The summed E-state index contributed by atoms with van der Waals surface area (Å²) in [6.07, 6.45) is 0.453. The molecule has 0 radical (unpaired) electrons. The van der Waals surface area contributed by atoms with Crippen LogP contribution < -0.4 is 5.73 Å². The van der Waals surface area contributed by atoms with Crippen LogP contribution in [0.3, 0.4) is 0 Å². The van der Waals surface area contributed by atoms with Crippen molar-refractivity contribution in [2.75, 3.05) is 27.3 Å². The molecule has 5 heteroatoms. The van der Waals surface area contributed by atoms with Crippen LogP contribution >= 0.6 is 24.0 Å². The topological polar surface area (TPSA) is 41.6 Å². The Morgan fingerprint density at radius 1 is 1.55 bits per heavy atom. The molecule has 0 aliphatic heterocycles. The minimum atomic E-state index is -0.329. The van der Waals surface area contributed by atoms with Gasteiger partial charge in [0.25, 0.3) is 0 Å². The molecule has 3 nitrogen and oxygen atoms in total. The van der Waals surface area contributed by atoms with E-state index in [1.807, 2.05) is 0 Å². The summed E-state index contributed by atoms with van der Waals surface area (Å²) in [7, 11) is 3.60. The monoisotopic (exact) mass is 275 g/mol. The summed E-state index contributed by atoms with van der Waals surface area (Å²) in [6, 6.07) is 0. The van der Waals surface area contributed by atoms with E-state index < -0.39 is 0 Å². The van der Waals surface area contributed by atoms with Gasteiger partial charge in [0.1, 0.15) is 0 Å². The second kappa shape index (κ2) is 8.03. The van der Waals surface area contributed by atoms with Crippen LogP contribution in [0.4, 0.5) is 4.39 Å². The summed E-state index contributed by atoms with van der Waals surface area (Å²) in [5.41, 5.74) is 5.41. The van der Waals surface area contributed by atoms with Crippen molar-refractivity contribution in [1.82, 2.24) is 4.90 Å².